The minimum absolute atomic E-state index is 0.521. The summed E-state index contributed by atoms with van der Waals surface area (Å²) in [6.07, 6.45) is 0.654. The number of hydrogen-bond acceptors (Lipinski definition) is 3. The van der Waals surface area contributed by atoms with Crippen LogP contribution in [0.25, 0.3) is 0 Å². The third-order valence-corrected chi connectivity index (χ3v) is 3.01. The Morgan fingerprint density at radius 3 is 2.62 bits per heavy atom. The highest BCUT2D eigenvalue weighted by atomic mass is 32.2. The van der Waals surface area contributed by atoms with E-state index in [9.17, 15) is 0 Å². The maximum absolute atomic E-state index is 5.58. The fourth-order valence-corrected chi connectivity index (χ4v) is 1.92. The summed E-state index contributed by atoms with van der Waals surface area (Å²) in [4.78, 5) is 0.521. The number of benzene rings is 1. The van der Waals surface area contributed by atoms with Gasteiger partial charge in [-0.15, -0.1) is 0 Å². The van der Waals surface area contributed by atoms with Crippen LogP contribution in [0.15, 0.2) is 24.3 Å². The van der Waals surface area contributed by atoms with E-state index < -0.39 is 0 Å². The molecule has 1 aromatic carbocycles. The molecular formula is C12H17NOS2. The normalized spacial score (nSPS) is 10.1. The molecule has 0 atom stereocenters. The molecule has 0 aromatic heterocycles. The number of hydrogen-bond donors (Lipinski definition) is 1. The molecule has 0 spiro atoms. The molecule has 1 aromatic rings. The standard InChI is InChI=1S/C12H17NOS2/c1-2-16-8-7-14-11-5-3-10(4-6-11)9-12(13)15/h3-6H,2,7-9H2,1H3,(H2,13,15). The van der Waals surface area contributed by atoms with Gasteiger partial charge in [-0.1, -0.05) is 31.3 Å². The van der Waals surface area contributed by atoms with E-state index in [2.05, 4.69) is 6.92 Å². The first kappa shape index (κ1) is 13.3. The van der Waals surface area contributed by atoms with Crippen LogP contribution < -0.4 is 10.5 Å². The summed E-state index contributed by atoms with van der Waals surface area (Å²) in [7, 11) is 0. The number of ether oxygens (including phenoxy) is 1. The molecule has 88 valence electrons. The Morgan fingerprint density at radius 2 is 2.06 bits per heavy atom. The molecule has 0 amide bonds. The molecule has 1 rings (SSSR count). The average molecular weight is 255 g/mol. The first-order valence-electron chi connectivity index (χ1n) is 5.30. The highest BCUT2D eigenvalue weighted by Crippen LogP contribution is 2.13. The van der Waals surface area contributed by atoms with Gasteiger partial charge in [0.1, 0.15) is 5.75 Å². The molecule has 2 N–H and O–H groups in total. The van der Waals surface area contributed by atoms with E-state index in [1.165, 1.54) is 0 Å². The van der Waals surface area contributed by atoms with E-state index in [1.54, 1.807) is 0 Å². The Balaban J connectivity index is 2.36. The van der Waals surface area contributed by atoms with Gasteiger partial charge in [-0.2, -0.15) is 11.8 Å². The summed E-state index contributed by atoms with van der Waals surface area (Å²) >= 11 is 6.73. The van der Waals surface area contributed by atoms with Crippen LogP contribution in [0.2, 0.25) is 0 Å². The average Bonchev–Trinajstić information content (AvgIpc) is 2.26. The molecule has 0 aliphatic rings. The van der Waals surface area contributed by atoms with Crippen molar-refractivity contribution in [2.24, 2.45) is 5.73 Å². The third kappa shape index (κ3) is 5.37. The Morgan fingerprint density at radius 1 is 1.38 bits per heavy atom. The summed E-state index contributed by atoms with van der Waals surface area (Å²) in [5.74, 6) is 3.07. The van der Waals surface area contributed by atoms with Crippen molar-refractivity contribution in [3.8, 4) is 5.75 Å². The lowest BCUT2D eigenvalue weighted by Gasteiger charge is -2.06. The molecule has 0 unspecified atom stereocenters. The van der Waals surface area contributed by atoms with Crippen LogP contribution in [-0.4, -0.2) is 23.1 Å². The van der Waals surface area contributed by atoms with Crippen LogP contribution in [0.3, 0.4) is 0 Å². The first-order chi connectivity index (χ1) is 7.72. The van der Waals surface area contributed by atoms with Crippen molar-refractivity contribution in [2.75, 3.05) is 18.1 Å². The van der Waals surface area contributed by atoms with Crippen molar-refractivity contribution in [2.45, 2.75) is 13.3 Å². The number of thioether (sulfide) groups is 1. The number of thiocarbonyl (C=S) groups is 1. The van der Waals surface area contributed by atoms with Crippen LogP contribution in [-0.2, 0) is 6.42 Å². The summed E-state index contributed by atoms with van der Waals surface area (Å²) in [5, 5.41) is 0. The van der Waals surface area contributed by atoms with Gasteiger partial charge in [0, 0.05) is 12.2 Å². The molecule has 0 aliphatic heterocycles. The smallest absolute Gasteiger partial charge is 0.119 e. The van der Waals surface area contributed by atoms with Crippen LogP contribution in [0.5, 0.6) is 5.75 Å². The van der Waals surface area contributed by atoms with Gasteiger partial charge in [-0.05, 0) is 23.4 Å². The minimum atomic E-state index is 0.521. The zero-order chi connectivity index (χ0) is 11.8. The Labute approximate surface area is 107 Å². The van der Waals surface area contributed by atoms with Gasteiger partial charge >= 0.3 is 0 Å². The molecule has 0 bridgehead atoms. The minimum Gasteiger partial charge on any atom is -0.493 e. The van der Waals surface area contributed by atoms with E-state index in [0.29, 0.717) is 11.4 Å². The lowest BCUT2D eigenvalue weighted by molar-refractivity contribution is 0.344. The monoisotopic (exact) mass is 255 g/mol. The number of rotatable bonds is 7. The maximum atomic E-state index is 5.58. The summed E-state index contributed by atoms with van der Waals surface area (Å²) in [6, 6.07) is 7.93. The third-order valence-electron chi connectivity index (χ3n) is 2.00. The van der Waals surface area contributed by atoms with Crippen molar-refractivity contribution in [3.63, 3.8) is 0 Å². The van der Waals surface area contributed by atoms with E-state index >= 15 is 0 Å². The van der Waals surface area contributed by atoms with Crippen LogP contribution in [0, 0.1) is 0 Å². The van der Waals surface area contributed by atoms with Crippen LogP contribution in [0.1, 0.15) is 12.5 Å². The molecule has 16 heavy (non-hydrogen) atoms. The molecule has 2 nitrogen and oxygen atoms in total. The topological polar surface area (TPSA) is 35.2 Å². The highest BCUT2D eigenvalue weighted by Gasteiger charge is 1.97. The van der Waals surface area contributed by atoms with Gasteiger partial charge in [0.15, 0.2) is 0 Å². The Bertz CT molecular complexity index is 324. The molecule has 0 radical (unpaired) electrons. The van der Waals surface area contributed by atoms with Crippen molar-refractivity contribution < 1.29 is 4.74 Å². The molecule has 4 heteroatoms. The second kappa shape index (κ2) is 7.52. The van der Waals surface area contributed by atoms with Gasteiger partial charge in [0.05, 0.1) is 11.6 Å². The van der Waals surface area contributed by atoms with Gasteiger partial charge in [0.25, 0.3) is 0 Å². The molecule has 0 saturated carbocycles. The highest BCUT2D eigenvalue weighted by molar-refractivity contribution is 7.99. The zero-order valence-corrected chi connectivity index (χ0v) is 11.1. The van der Waals surface area contributed by atoms with Gasteiger partial charge in [0.2, 0.25) is 0 Å². The predicted molar refractivity (Wildman–Crippen MR) is 75.4 cm³/mol. The molecular weight excluding hydrogens is 238 g/mol. The van der Waals surface area contributed by atoms with Gasteiger partial charge in [-0.25, -0.2) is 0 Å². The number of nitrogens with two attached hydrogens (primary N) is 1. The van der Waals surface area contributed by atoms with Crippen molar-refractivity contribution in [1.29, 1.82) is 0 Å². The first-order valence-corrected chi connectivity index (χ1v) is 6.86. The molecule has 0 fully saturated rings. The summed E-state index contributed by atoms with van der Waals surface area (Å²) < 4.78 is 5.58. The fourth-order valence-electron chi connectivity index (χ4n) is 1.27. The van der Waals surface area contributed by atoms with Crippen molar-refractivity contribution in [3.05, 3.63) is 29.8 Å². The zero-order valence-electron chi connectivity index (χ0n) is 9.44. The fraction of sp³-hybridized carbons (Fsp3) is 0.417. The van der Waals surface area contributed by atoms with E-state index in [0.717, 1.165) is 29.4 Å². The van der Waals surface area contributed by atoms with Gasteiger partial charge in [-0.3, -0.25) is 0 Å². The molecule has 0 saturated heterocycles. The summed E-state index contributed by atoms with van der Waals surface area (Å²) in [5.41, 5.74) is 6.60. The van der Waals surface area contributed by atoms with Crippen LogP contribution >= 0.6 is 24.0 Å². The van der Waals surface area contributed by atoms with E-state index in [1.807, 2.05) is 36.0 Å². The Kier molecular flexibility index (Phi) is 6.26. The lowest BCUT2D eigenvalue weighted by atomic mass is 10.1. The van der Waals surface area contributed by atoms with Crippen molar-refractivity contribution >= 4 is 29.0 Å². The second-order valence-corrected chi connectivity index (χ2v) is 5.25. The molecule has 0 heterocycles. The van der Waals surface area contributed by atoms with E-state index in [-0.39, 0.29) is 0 Å². The summed E-state index contributed by atoms with van der Waals surface area (Å²) in [6.45, 7) is 2.91. The lowest BCUT2D eigenvalue weighted by Crippen LogP contribution is -2.10. The van der Waals surface area contributed by atoms with E-state index in [4.69, 9.17) is 22.7 Å². The quantitative estimate of drug-likeness (QED) is 0.600. The maximum Gasteiger partial charge on any atom is 0.119 e. The van der Waals surface area contributed by atoms with Crippen LogP contribution in [0.4, 0.5) is 0 Å². The largest absolute Gasteiger partial charge is 0.493 e. The SMILES string of the molecule is CCSCCOc1ccc(CC(N)=S)cc1. The molecule has 0 aliphatic carbocycles. The second-order valence-electron chi connectivity index (χ2n) is 3.33. The van der Waals surface area contributed by atoms with Gasteiger partial charge < -0.3 is 10.5 Å². The Hall–Kier alpha value is -0.740. The van der Waals surface area contributed by atoms with Crippen molar-refractivity contribution in [1.82, 2.24) is 0 Å². The predicted octanol–water partition coefficient (Wildman–Crippen LogP) is 2.65.